The number of hydrogen-bond donors (Lipinski definition) is 1. The summed E-state index contributed by atoms with van der Waals surface area (Å²) in [7, 11) is -1.96. The van der Waals surface area contributed by atoms with Crippen molar-refractivity contribution in [1.29, 1.82) is 0 Å². The largest absolute Gasteiger partial charge is 0.487 e. The van der Waals surface area contributed by atoms with Gasteiger partial charge in [-0.2, -0.15) is 4.31 Å². The van der Waals surface area contributed by atoms with Crippen LogP contribution in [-0.4, -0.2) is 61.6 Å². The molecule has 6 nitrogen and oxygen atoms in total. The number of benzene rings is 3. The Kier molecular flexibility index (Phi) is 8.10. The average molecular weight is 513 g/mol. The molecule has 0 saturated carbocycles. The van der Waals surface area contributed by atoms with Crippen LogP contribution < -0.4 is 4.74 Å². The minimum atomic E-state index is -3.90. The minimum Gasteiger partial charge on any atom is -0.487 e. The maximum absolute atomic E-state index is 13.7. The number of fused-ring (bicyclic) bond motifs is 1. The van der Waals surface area contributed by atoms with Crippen molar-refractivity contribution in [1.82, 2.24) is 9.21 Å². The smallest absolute Gasteiger partial charge is 0.247 e. The fourth-order valence-corrected chi connectivity index (χ4v) is 6.40. The summed E-state index contributed by atoms with van der Waals surface area (Å²) >= 11 is 0. The summed E-state index contributed by atoms with van der Waals surface area (Å²) in [4.78, 5) is 2.14. The highest BCUT2D eigenvalue weighted by atomic mass is 32.2. The first-order valence-electron chi connectivity index (χ1n) is 12.1. The van der Waals surface area contributed by atoms with Crippen molar-refractivity contribution >= 4 is 10.0 Å². The number of halogens is 1. The lowest BCUT2D eigenvalue weighted by Crippen LogP contribution is -2.49. The topological polar surface area (TPSA) is 70.1 Å². The molecule has 1 heterocycles. The van der Waals surface area contributed by atoms with Crippen LogP contribution in [0.1, 0.15) is 19.4 Å². The SMILES string of the molecule is C[C@H]1CN([C@@H](C)CO)S(=O)(=O)c2ccc(-c3ccccc3)cc2O[C@H]1CN(C)Cc1cccc(F)c1. The first-order chi connectivity index (χ1) is 17.2. The number of hydrogen-bond acceptors (Lipinski definition) is 5. The van der Waals surface area contributed by atoms with E-state index in [2.05, 4.69) is 0 Å². The van der Waals surface area contributed by atoms with E-state index in [1.807, 2.05) is 55.3 Å². The average Bonchev–Trinajstić information content (AvgIpc) is 2.86. The molecule has 36 heavy (non-hydrogen) atoms. The van der Waals surface area contributed by atoms with Crippen LogP contribution in [0.15, 0.2) is 77.7 Å². The second-order valence-corrected chi connectivity index (χ2v) is 11.5. The molecule has 0 bridgehead atoms. The van der Waals surface area contributed by atoms with Gasteiger partial charge < -0.3 is 9.84 Å². The van der Waals surface area contributed by atoms with Crippen molar-refractivity contribution in [2.45, 2.75) is 37.4 Å². The van der Waals surface area contributed by atoms with Crippen molar-refractivity contribution in [2.24, 2.45) is 5.92 Å². The van der Waals surface area contributed by atoms with Gasteiger partial charge >= 0.3 is 0 Å². The van der Waals surface area contributed by atoms with Crippen LogP contribution in [0, 0.1) is 11.7 Å². The van der Waals surface area contributed by atoms with Gasteiger partial charge in [0.25, 0.3) is 0 Å². The van der Waals surface area contributed by atoms with Gasteiger partial charge in [0.05, 0.1) is 6.61 Å². The Morgan fingerprint density at radius 1 is 1.08 bits per heavy atom. The molecule has 8 heteroatoms. The maximum Gasteiger partial charge on any atom is 0.247 e. The summed E-state index contributed by atoms with van der Waals surface area (Å²) in [5, 5.41) is 9.83. The van der Waals surface area contributed by atoms with E-state index < -0.39 is 16.1 Å². The summed E-state index contributed by atoms with van der Waals surface area (Å²) in [5.74, 6) is -0.155. The van der Waals surface area contributed by atoms with Crippen LogP contribution in [0.2, 0.25) is 0 Å². The second kappa shape index (κ2) is 11.1. The van der Waals surface area contributed by atoms with E-state index in [1.54, 1.807) is 31.2 Å². The highest BCUT2D eigenvalue weighted by Gasteiger charge is 2.38. The predicted molar refractivity (Wildman–Crippen MR) is 139 cm³/mol. The summed E-state index contributed by atoms with van der Waals surface area (Å²) in [6.07, 6.45) is -0.336. The number of sulfonamides is 1. The van der Waals surface area contributed by atoms with Crippen molar-refractivity contribution in [3.8, 4) is 16.9 Å². The molecule has 3 atom stereocenters. The lowest BCUT2D eigenvalue weighted by atomic mass is 10.0. The van der Waals surface area contributed by atoms with Gasteiger partial charge in [0.2, 0.25) is 10.0 Å². The lowest BCUT2D eigenvalue weighted by Gasteiger charge is -2.37. The number of ether oxygens (including phenoxy) is 1. The number of nitrogens with zero attached hydrogens (tertiary/aromatic N) is 2. The molecule has 0 spiro atoms. The van der Waals surface area contributed by atoms with Gasteiger partial charge in [-0.25, -0.2) is 12.8 Å². The highest BCUT2D eigenvalue weighted by molar-refractivity contribution is 7.89. The first kappa shape index (κ1) is 26.3. The molecule has 192 valence electrons. The van der Waals surface area contributed by atoms with Gasteiger partial charge in [0, 0.05) is 31.6 Å². The summed E-state index contributed by atoms with van der Waals surface area (Å²) < 4.78 is 48.8. The zero-order valence-corrected chi connectivity index (χ0v) is 21.7. The molecule has 0 saturated heterocycles. The molecule has 4 rings (SSSR count). The van der Waals surface area contributed by atoms with E-state index in [-0.39, 0.29) is 35.9 Å². The highest BCUT2D eigenvalue weighted by Crippen LogP contribution is 2.36. The molecular weight excluding hydrogens is 479 g/mol. The fraction of sp³-hybridized carbons (Fsp3) is 0.357. The van der Waals surface area contributed by atoms with Crippen molar-refractivity contribution in [3.63, 3.8) is 0 Å². The molecule has 0 fully saturated rings. The molecule has 1 aliphatic heterocycles. The zero-order chi connectivity index (χ0) is 25.9. The van der Waals surface area contributed by atoms with Crippen LogP contribution in [-0.2, 0) is 16.6 Å². The Labute approximate surface area is 213 Å². The van der Waals surface area contributed by atoms with Crippen LogP contribution in [0.5, 0.6) is 5.75 Å². The van der Waals surface area contributed by atoms with E-state index >= 15 is 0 Å². The van der Waals surface area contributed by atoms with Gasteiger partial charge in [-0.1, -0.05) is 55.5 Å². The summed E-state index contributed by atoms with van der Waals surface area (Å²) in [5.41, 5.74) is 2.66. The Morgan fingerprint density at radius 3 is 2.53 bits per heavy atom. The third kappa shape index (κ3) is 5.78. The normalized spacial score (nSPS) is 20.7. The third-order valence-electron chi connectivity index (χ3n) is 6.61. The van der Waals surface area contributed by atoms with Gasteiger partial charge in [-0.3, -0.25) is 4.90 Å². The standard InChI is InChI=1S/C28H33FN2O4S/c1-20-16-31(21(2)19-32)36(33,34)28-13-12-24(23-9-5-4-6-10-23)15-26(28)35-27(20)18-30(3)17-22-8-7-11-25(29)14-22/h4-15,20-21,27,32H,16-19H2,1-3H3/t20-,21-,27-/m0/s1. The monoisotopic (exact) mass is 512 g/mol. The maximum atomic E-state index is 13.7. The van der Waals surface area contributed by atoms with Gasteiger partial charge in [0.15, 0.2) is 0 Å². The number of rotatable bonds is 7. The Bertz CT molecular complexity index is 1290. The summed E-state index contributed by atoms with van der Waals surface area (Å²) in [6, 6.07) is 20.8. The van der Waals surface area contributed by atoms with Crippen LogP contribution in [0.25, 0.3) is 11.1 Å². The number of likely N-dealkylation sites (N-methyl/N-ethyl adjacent to an activating group) is 1. The first-order valence-corrected chi connectivity index (χ1v) is 13.5. The van der Waals surface area contributed by atoms with Gasteiger partial charge in [-0.05, 0) is 54.9 Å². The van der Waals surface area contributed by atoms with E-state index in [1.165, 1.54) is 16.4 Å². The Morgan fingerprint density at radius 2 is 1.83 bits per heavy atom. The van der Waals surface area contributed by atoms with Gasteiger partial charge in [-0.15, -0.1) is 0 Å². The number of aliphatic hydroxyl groups is 1. The zero-order valence-electron chi connectivity index (χ0n) is 20.8. The van der Waals surface area contributed by atoms with Crippen molar-refractivity contribution in [3.05, 3.63) is 84.2 Å². The molecule has 0 radical (unpaired) electrons. The molecule has 3 aromatic carbocycles. The van der Waals surface area contributed by atoms with E-state index in [0.717, 1.165) is 16.7 Å². The molecule has 0 aromatic heterocycles. The molecule has 1 aliphatic rings. The molecule has 0 aliphatic carbocycles. The fourth-order valence-electron chi connectivity index (χ4n) is 4.57. The van der Waals surface area contributed by atoms with Crippen LogP contribution in [0.4, 0.5) is 4.39 Å². The van der Waals surface area contributed by atoms with Crippen molar-refractivity contribution < 1.29 is 22.7 Å². The molecule has 0 amide bonds. The quantitative estimate of drug-likeness (QED) is 0.508. The lowest BCUT2D eigenvalue weighted by molar-refractivity contribution is 0.0734. The van der Waals surface area contributed by atoms with Gasteiger partial charge in [0.1, 0.15) is 22.6 Å². The van der Waals surface area contributed by atoms with E-state index in [0.29, 0.717) is 18.8 Å². The molecular formula is C28H33FN2O4S. The van der Waals surface area contributed by atoms with E-state index in [9.17, 15) is 17.9 Å². The predicted octanol–water partition coefficient (Wildman–Crippen LogP) is 4.39. The molecule has 0 unspecified atom stereocenters. The molecule has 3 aromatic rings. The molecule has 1 N–H and O–H groups in total. The Hall–Kier alpha value is -2.78. The third-order valence-corrected chi connectivity index (χ3v) is 8.63. The number of aliphatic hydroxyl groups excluding tert-OH is 1. The summed E-state index contributed by atoms with van der Waals surface area (Å²) in [6.45, 7) is 4.62. The Balaban J connectivity index is 1.71. The van der Waals surface area contributed by atoms with Crippen LogP contribution >= 0.6 is 0 Å². The van der Waals surface area contributed by atoms with E-state index in [4.69, 9.17) is 4.74 Å². The minimum absolute atomic E-state index is 0.0900. The van der Waals surface area contributed by atoms with Crippen LogP contribution in [0.3, 0.4) is 0 Å². The second-order valence-electron chi connectivity index (χ2n) is 9.59. The van der Waals surface area contributed by atoms with Crippen molar-refractivity contribution in [2.75, 3.05) is 26.7 Å².